The number of unbranched alkanes of at least 4 members (excludes halogenated alkanes) is 4. The molecule has 0 saturated carbocycles. The third kappa shape index (κ3) is 40.3. The lowest BCUT2D eigenvalue weighted by molar-refractivity contribution is -0.870. The van der Waals surface area contributed by atoms with E-state index >= 15 is 0 Å². The predicted molar refractivity (Wildman–Crippen MR) is 245 cm³/mol. The lowest BCUT2D eigenvalue weighted by Crippen LogP contribution is -2.37. The van der Waals surface area contributed by atoms with Crippen LogP contribution in [0.4, 0.5) is 0 Å². The van der Waals surface area contributed by atoms with Crippen LogP contribution in [0.1, 0.15) is 129 Å². The Kier molecular flexibility index (Phi) is 36.7. The van der Waals surface area contributed by atoms with Gasteiger partial charge in [-0.25, -0.2) is 4.57 Å². The summed E-state index contributed by atoms with van der Waals surface area (Å²) in [5, 5.41) is 20.7. The van der Waals surface area contributed by atoms with Gasteiger partial charge >= 0.3 is 19.8 Å². The third-order valence-corrected chi connectivity index (χ3v) is 9.79. The molecule has 11 nitrogen and oxygen atoms in total. The van der Waals surface area contributed by atoms with Gasteiger partial charge in [-0.3, -0.25) is 18.6 Å². The first-order chi connectivity index (χ1) is 28.8. The number of hydrogen-bond acceptors (Lipinski definition) is 9. The SMILES string of the molecule is CC/C=C\C/C=C\C/C=C\C/C=C\CCCCCCC(=O)O[C@H](COC(=O)CCC[C@H](O)[C@@H](O)C/C=C\C/C=C\C/C=C\C/C=C\CC)COP(=O)(O)OCC[N+](C)(C)C. The molecule has 0 aliphatic rings. The Morgan fingerprint density at radius 3 is 1.60 bits per heavy atom. The number of rotatable bonds is 38. The molecule has 0 aromatic heterocycles. The lowest BCUT2D eigenvalue weighted by Gasteiger charge is -2.24. The van der Waals surface area contributed by atoms with Crippen LogP contribution < -0.4 is 0 Å². The van der Waals surface area contributed by atoms with Crippen molar-refractivity contribution in [1.29, 1.82) is 0 Å². The smallest absolute Gasteiger partial charge is 0.462 e. The summed E-state index contributed by atoms with van der Waals surface area (Å²) >= 11 is 0. The maximum atomic E-state index is 12.7. The number of carbonyl (C=O) groups excluding carboxylic acids is 2. The fourth-order valence-electron chi connectivity index (χ4n) is 5.27. The molecular weight excluding hydrogens is 781 g/mol. The van der Waals surface area contributed by atoms with E-state index in [1.807, 2.05) is 33.3 Å². The molecule has 0 bridgehead atoms. The number of phosphoric acid groups is 1. The van der Waals surface area contributed by atoms with E-state index in [0.717, 1.165) is 77.0 Å². The zero-order valence-corrected chi connectivity index (χ0v) is 38.5. The summed E-state index contributed by atoms with van der Waals surface area (Å²) in [7, 11) is 1.28. The Bertz CT molecular complexity index is 1380. The van der Waals surface area contributed by atoms with Crippen LogP contribution in [0.5, 0.6) is 0 Å². The predicted octanol–water partition coefficient (Wildman–Crippen LogP) is 10.5. The Hall–Kier alpha value is -3.15. The van der Waals surface area contributed by atoms with Gasteiger partial charge in [0.1, 0.15) is 19.8 Å². The second-order valence-corrected chi connectivity index (χ2v) is 17.1. The summed E-state index contributed by atoms with van der Waals surface area (Å²) in [6, 6.07) is 0. The Balaban J connectivity index is 4.66. The van der Waals surface area contributed by atoms with Gasteiger partial charge in [0.25, 0.3) is 0 Å². The van der Waals surface area contributed by atoms with Crippen LogP contribution in [0.15, 0.2) is 97.2 Å². The highest BCUT2D eigenvalue weighted by molar-refractivity contribution is 7.47. The minimum Gasteiger partial charge on any atom is -0.462 e. The van der Waals surface area contributed by atoms with Crippen molar-refractivity contribution in [3.05, 3.63) is 97.2 Å². The second-order valence-electron chi connectivity index (χ2n) is 15.6. The monoisotopic (exact) mass is 863 g/mol. The van der Waals surface area contributed by atoms with Gasteiger partial charge in [-0.05, 0) is 89.9 Å². The fourth-order valence-corrected chi connectivity index (χ4v) is 6.01. The average molecular weight is 863 g/mol. The fraction of sp³-hybridized carbons (Fsp3) is 0.625. The number of hydrogen-bond donors (Lipinski definition) is 3. The molecule has 0 saturated heterocycles. The van der Waals surface area contributed by atoms with Crippen molar-refractivity contribution in [2.75, 3.05) is 47.5 Å². The van der Waals surface area contributed by atoms with Crippen LogP contribution in [0.25, 0.3) is 0 Å². The highest BCUT2D eigenvalue weighted by Crippen LogP contribution is 2.43. The van der Waals surface area contributed by atoms with E-state index in [9.17, 15) is 29.3 Å². The first-order valence-corrected chi connectivity index (χ1v) is 23.6. The molecule has 0 aromatic rings. The van der Waals surface area contributed by atoms with E-state index in [0.29, 0.717) is 17.4 Å². The first-order valence-electron chi connectivity index (χ1n) is 22.1. The first kappa shape index (κ1) is 56.9. The van der Waals surface area contributed by atoms with Crippen LogP contribution in [-0.2, 0) is 32.7 Å². The van der Waals surface area contributed by atoms with E-state index in [1.54, 1.807) is 0 Å². The van der Waals surface area contributed by atoms with Gasteiger partial charge in [0.15, 0.2) is 6.10 Å². The molecule has 60 heavy (non-hydrogen) atoms. The van der Waals surface area contributed by atoms with Gasteiger partial charge in [-0.15, -0.1) is 0 Å². The summed E-state index contributed by atoms with van der Waals surface area (Å²) < 4.78 is 34.1. The quantitative estimate of drug-likeness (QED) is 0.0180. The summed E-state index contributed by atoms with van der Waals surface area (Å²) in [5.41, 5.74) is 0. The number of ether oxygens (including phenoxy) is 2. The van der Waals surface area contributed by atoms with Crippen molar-refractivity contribution in [2.45, 2.75) is 148 Å². The molecule has 0 fully saturated rings. The number of carbonyl (C=O) groups is 2. The van der Waals surface area contributed by atoms with Crippen molar-refractivity contribution in [1.82, 2.24) is 0 Å². The number of aliphatic hydroxyl groups is 2. The van der Waals surface area contributed by atoms with Crippen molar-refractivity contribution in [2.24, 2.45) is 0 Å². The summed E-state index contributed by atoms with van der Waals surface area (Å²) in [6.07, 6.45) is 43.5. The highest BCUT2D eigenvalue weighted by atomic mass is 31.2. The van der Waals surface area contributed by atoms with Gasteiger partial charge in [0.05, 0.1) is 40.0 Å². The molecule has 0 aliphatic carbocycles. The molecule has 0 heterocycles. The van der Waals surface area contributed by atoms with Gasteiger partial charge in [0, 0.05) is 12.8 Å². The van der Waals surface area contributed by atoms with Gasteiger partial charge in [-0.2, -0.15) is 0 Å². The molecule has 12 heteroatoms. The molecule has 342 valence electrons. The van der Waals surface area contributed by atoms with Crippen molar-refractivity contribution >= 4 is 19.8 Å². The standard InChI is InChI=1S/C48H80NO10P/c1-6-8-10-12-14-16-18-20-21-22-23-24-26-28-30-32-34-38-48(53)59-44(43-58-60(54,55)57-41-40-49(3,4)5)42-56-47(52)39-35-37-46(51)45(50)36-33-31-29-27-25-19-17-15-13-11-9-7-2/h8-11,14-17,20-21,23-25,27,31,33,44-46,50-51H,6-7,12-13,18-19,22,26,28-30,32,34-43H2,1-5H3/p+1/b10-8-,11-9-,16-14-,17-15-,21-20-,24-23-,27-25-,33-31-/t44-,45+,46+/m1/s1. The molecule has 0 rings (SSSR count). The molecular formula is C48H81NO10P+. The van der Waals surface area contributed by atoms with Crippen LogP contribution in [0.3, 0.4) is 0 Å². The van der Waals surface area contributed by atoms with E-state index in [1.165, 1.54) is 0 Å². The van der Waals surface area contributed by atoms with E-state index in [4.69, 9.17) is 18.5 Å². The summed E-state index contributed by atoms with van der Waals surface area (Å²) in [4.78, 5) is 35.4. The van der Waals surface area contributed by atoms with E-state index < -0.39 is 44.7 Å². The molecule has 1 unspecified atom stereocenters. The zero-order chi connectivity index (χ0) is 44.6. The normalized spacial score (nSPS) is 15.5. The van der Waals surface area contributed by atoms with Crippen molar-refractivity contribution < 1.29 is 52.3 Å². The average Bonchev–Trinajstić information content (AvgIpc) is 3.19. The number of phosphoric ester groups is 1. The highest BCUT2D eigenvalue weighted by Gasteiger charge is 2.27. The van der Waals surface area contributed by atoms with Crippen LogP contribution in [0, 0.1) is 0 Å². The molecule has 0 aliphatic heterocycles. The minimum atomic E-state index is -4.46. The molecule has 3 N–H and O–H groups in total. The van der Waals surface area contributed by atoms with Gasteiger partial charge in [-0.1, -0.05) is 124 Å². The topological polar surface area (TPSA) is 149 Å². The van der Waals surface area contributed by atoms with Crippen LogP contribution >= 0.6 is 7.82 Å². The number of aliphatic hydroxyl groups excluding tert-OH is 2. The van der Waals surface area contributed by atoms with Gasteiger partial charge < -0.3 is 29.1 Å². The maximum absolute atomic E-state index is 12.7. The molecule has 0 radical (unpaired) electrons. The van der Waals surface area contributed by atoms with Gasteiger partial charge in [0.2, 0.25) is 0 Å². The summed E-state index contributed by atoms with van der Waals surface area (Å²) in [5.74, 6) is -1.13. The molecule has 0 spiro atoms. The second kappa shape index (κ2) is 38.7. The molecule has 0 aromatic carbocycles. The number of allylic oxidation sites excluding steroid dienone is 15. The maximum Gasteiger partial charge on any atom is 0.472 e. The number of nitrogens with zero attached hydrogens (tertiary/aromatic N) is 1. The molecule has 4 atom stereocenters. The van der Waals surface area contributed by atoms with E-state index in [-0.39, 0.29) is 45.3 Å². The summed E-state index contributed by atoms with van der Waals surface area (Å²) in [6.45, 7) is 3.79. The van der Waals surface area contributed by atoms with Crippen molar-refractivity contribution in [3.63, 3.8) is 0 Å². The molecule has 0 amide bonds. The Morgan fingerprint density at radius 2 is 1.07 bits per heavy atom. The number of esters is 2. The number of likely N-dealkylation sites (N-methyl/N-ethyl adjacent to an activating group) is 1. The zero-order valence-electron chi connectivity index (χ0n) is 37.6. The largest absolute Gasteiger partial charge is 0.472 e. The van der Waals surface area contributed by atoms with Crippen LogP contribution in [-0.4, -0.2) is 97.3 Å². The Labute approximate surface area is 363 Å². The Morgan fingerprint density at radius 1 is 0.583 bits per heavy atom. The number of quaternary nitrogens is 1. The third-order valence-electron chi connectivity index (χ3n) is 8.81. The lowest BCUT2D eigenvalue weighted by atomic mass is 10.0. The van der Waals surface area contributed by atoms with Crippen LogP contribution in [0.2, 0.25) is 0 Å². The van der Waals surface area contributed by atoms with E-state index in [2.05, 4.69) is 98.9 Å². The minimum absolute atomic E-state index is 0.0248. The van der Waals surface area contributed by atoms with Crippen molar-refractivity contribution in [3.8, 4) is 0 Å².